The highest BCUT2D eigenvalue weighted by atomic mass is 16.6. The van der Waals surface area contributed by atoms with Gasteiger partial charge in [-0.1, -0.05) is 27.4 Å². The van der Waals surface area contributed by atoms with Crippen LogP contribution in [0.2, 0.25) is 0 Å². The summed E-state index contributed by atoms with van der Waals surface area (Å²) < 4.78 is 29.5. The summed E-state index contributed by atoms with van der Waals surface area (Å²) >= 11 is 0. The van der Waals surface area contributed by atoms with Crippen molar-refractivity contribution in [3.05, 3.63) is 12.2 Å². The molecule has 4 aliphatic carbocycles. The second kappa shape index (κ2) is 9.94. The van der Waals surface area contributed by atoms with E-state index in [0.717, 1.165) is 13.8 Å². The van der Waals surface area contributed by atoms with Crippen molar-refractivity contribution in [3.8, 4) is 0 Å². The zero-order valence-corrected chi connectivity index (χ0v) is 25.0. The topological polar surface area (TPSA) is 149 Å². The van der Waals surface area contributed by atoms with Gasteiger partial charge >= 0.3 is 29.8 Å². The summed E-state index contributed by atoms with van der Waals surface area (Å²) in [6, 6.07) is 0. The highest BCUT2D eigenvalue weighted by Crippen LogP contribution is 2.74. The average molecular weight is 577 g/mol. The number of esters is 5. The van der Waals surface area contributed by atoms with Crippen molar-refractivity contribution < 1.29 is 52.5 Å². The first-order chi connectivity index (χ1) is 18.8. The molecule has 0 saturated heterocycles. The maximum absolute atomic E-state index is 14.7. The second-order valence-electron chi connectivity index (χ2n) is 12.9. The maximum atomic E-state index is 14.7. The molecule has 226 valence electrons. The third kappa shape index (κ3) is 4.37. The molecule has 0 radical (unpaired) electrons. The molecule has 0 aliphatic heterocycles. The number of ketones is 1. The molecule has 1 spiro atoms. The van der Waals surface area contributed by atoms with E-state index in [1.807, 2.05) is 6.92 Å². The van der Waals surface area contributed by atoms with E-state index in [4.69, 9.17) is 23.7 Å². The summed E-state index contributed by atoms with van der Waals surface area (Å²) in [4.78, 5) is 77.5. The Kier molecular flexibility index (Phi) is 7.45. The van der Waals surface area contributed by atoms with Crippen LogP contribution in [0, 0.1) is 28.1 Å². The first-order valence-electron chi connectivity index (χ1n) is 14.0. The third-order valence-corrected chi connectivity index (χ3v) is 10.1. The lowest BCUT2D eigenvalue weighted by Crippen LogP contribution is -2.76. The lowest BCUT2D eigenvalue weighted by atomic mass is 9.38. The van der Waals surface area contributed by atoms with Crippen molar-refractivity contribution in [1.82, 2.24) is 0 Å². The van der Waals surface area contributed by atoms with Crippen LogP contribution in [-0.2, 0) is 52.5 Å². The molecule has 4 fully saturated rings. The van der Waals surface area contributed by atoms with Gasteiger partial charge in [-0.2, -0.15) is 0 Å². The molecule has 0 aromatic carbocycles. The van der Waals surface area contributed by atoms with Crippen molar-refractivity contribution in [2.45, 2.75) is 111 Å². The number of hydrogen-bond donors (Lipinski definition) is 0. The van der Waals surface area contributed by atoms with E-state index in [1.165, 1.54) is 20.8 Å². The van der Waals surface area contributed by atoms with Crippen LogP contribution in [0.1, 0.15) is 81.1 Å². The highest BCUT2D eigenvalue weighted by molar-refractivity contribution is 6.07. The summed E-state index contributed by atoms with van der Waals surface area (Å²) in [5.41, 5.74) is -5.30. The zero-order valence-electron chi connectivity index (χ0n) is 25.0. The molecule has 0 amide bonds. The predicted molar refractivity (Wildman–Crippen MR) is 141 cm³/mol. The zero-order chi connectivity index (χ0) is 30.9. The van der Waals surface area contributed by atoms with Crippen LogP contribution in [0.4, 0.5) is 0 Å². The molecule has 9 atom stereocenters. The Bertz CT molecular complexity index is 1220. The first-order valence-corrected chi connectivity index (χ1v) is 14.0. The molecule has 0 aromatic rings. The fourth-order valence-corrected chi connectivity index (χ4v) is 9.09. The Hall–Kier alpha value is -3.24. The second-order valence-corrected chi connectivity index (χ2v) is 12.9. The molecule has 0 aromatic heterocycles. The minimum Gasteiger partial charge on any atom is -0.462 e. The summed E-state index contributed by atoms with van der Waals surface area (Å²) in [6.07, 6.45) is -3.36. The third-order valence-electron chi connectivity index (χ3n) is 10.1. The van der Waals surface area contributed by atoms with Crippen LogP contribution in [0.5, 0.6) is 0 Å². The number of rotatable bonds is 5. The van der Waals surface area contributed by atoms with Crippen molar-refractivity contribution >= 4 is 35.6 Å². The molecular weight excluding hydrogens is 536 g/mol. The Balaban J connectivity index is 2.13. The predicted octanol–water partition coefficient (Wildman–Crippen LogP) is 3.01. The van der Waals surface area contributed by atoms with E-state index in [1.54, 1.807) is 0 Å². The smallest absolute Gasteiger partial charge is 0.303 e. The first kappa shape index (κ1) is 30.7. The molecular formula is C30H40O11. The van der Waals surface area contributed by atoms with Gasteiger partial charge in [-0.25, -0.2) is 0 Å². The minimum absolute atomic E-state index is 0.142. The molecule has 4 rings (SSSR count). The summed E-state index contributed by atoms with van der Waals surface area (Å²) in [5.74, 6) is -5.25. The van der Waals surface area contributed by atoms with Crippen LogP contribution >= 0.6 is 0 Å². The van der Waals surface area contributed by atoms with Gasteiger partial charge in [0.2, 0.25) is 0 Å². The van der Waals surface area contributed by atoms with Crippen LogP contribution in [0.25, 0.3) is 0 Å². The summed E-state index contributed by atoms with van der Waals surface area (Å²) in [7, 11) is 0. The van der Waals surface area contributed by atoms with Gasteiger partial charge in [0.25, 0.3) is 0 Å². The molecule has 11 nitrogen and oxygen atoms in total. The largest absolute Gasteiger partial charge is 0.462 e. The van der Waals surface area contributed by atoms with E-state index >= 15 is 0 Å². The van der Waals surface area contributed by atoms with E-state index in [0.29, 0.717) is 12.8 Å². The van der Waals surface area contributed by atoms with E-state index < -0.39 is 82.4 Å². The van der Waals surface area contributed by atoms with Crippen LogP contribution < -0.4 is 0 Å². The lowest BCUT2D eigenvalue weighted by Gasteiger charge is -2.68. The van der Waals surface area contributed by atoms with Crippen molar-refractivity contribution in [3.63, 3.8) is 0 Å². The number of Topliss-reactive ketones (excluding diaryl/α,β-unsaturated/α-hetero) is 1. The van der Waals surface area contributed by atoms with Gasteiger partial charge in [-0.15, -0.1) is 0 Å². The molecule has 4 saturated carbocycles. The van der Waals surface area contributed by atoms with Gasteiger partial charge < -0.3 is 23.7 Å². The SMILES string of the molecule is C=C1C(=O)[C@]23[C@H]([C@@H](OC(C)=O)C[C@]1(OC(C)=O)[C@H]2OC(C)=O)[C@]1(C)[C@H](OC(C)=O)CCC(C)(C)[C@@H]1C[C@H]3OC(C)=O. The van der Waals surface area contributed by atoms with E-state index in [2.05, 4.69) is 20.4 Å². The molecule has 2 bridgehead atoms. The van der Waals surface area contributed by atoms with Gasteiger partial charge in [0.15, 0.2) is 17.5 Å². The molecule has 0 N–H and O–H groups in total. The number of carbonyl (C=O) groups is 6. The standard InChI is InChI=1S/C30H40O11/c1-14-25(36)30-23(39-17(4)33)12-21-27(7,8)11-10-22(38-16(3)32)28(21,9)24(30)20(37-15(2)31)13-29(14,41-19(6)35)26(30)40-18(5)34/h20-24,26H,1,10-13H2,2-9H3/t20-,21-,22+,23+,24+,26+,28-,29+,30-/m0/s1. The molecule has 0 heterocycles. The fourth-order valence-electron chi connectivity index (χ4n) is 9.09. The van der Waals surface area contributed by atoms with Crippen molar-refractivity contribution in [2.75, 3.05) is 0 Å². The molecule has 11 heteroatoms. The molecule has 0 unspecified atom stereocenters. The Morgan fingerprint density at radius 3 is 1.83 bits per heavy atom. The minimum atomic E-state index is -1.88. The van der Waals surface area contributed by atoms with Crippen LogP contribution in [-0.4, -0.2) is 65.6 Å². The maximum Gasteiger partial charge on any atom is 0.303 e. The van der Waals surface area contributed by atoms with Gasteiger partial charge in [0.05, 0.1) is 0 Å². The summed E-state index contributed by atoms with van der Waals surface area (Å²) in [6.45, 7) is 16.1. The summed E-state index contributed by atoms with van der Waals surface area (Å²) in [5, 5.41) is 0. The Morgan fingerprint density at radius 2 is 1.32 bits per heavy atom. The highest BCUT2D eigenvalue weighted by Gasteiger charge is 2.85. The number of hydrogen-bond acceptors (Lipinski definition) is 11. The monoisotopic (exact) mass is 576 g/mol. The van der Waals surface area contributed by atoms with Crippen LogP contribution in [0.3, 0.4) is 0 Å². The van der Waals surface area contributed by atoms with Gasteiger partial charge in [0, 0.05) is 57.9 Å². The number of ether oxygens (including phenoxy) is 5. The van der Waals surface area contributed by atoms with Gasteiger partial charge in [0.1, 0.15) is 23.7 Å². The quantitative estimate of drug-likeness (QED) is 0.270. The van der Waals surface area contributed by atoms with Crippen molar-refractivity contribution in [1.29, 1.82) is 0 Å². The van der Waals surface area contributed by atoms with Gasteiger partial charge in [-0.05, 0) is 30.6 Å². The molecule has 4 aliphatic rings. The van der Waals surface area contributed by atoms with Crippen LogP contribution in [0.15, 0.2) is 12.2 Å². The van der Waals surface area contributed by atoms with E-state index in [9.17, 15) is 28.8 Å². The fraction of sp³-hybridized carbons (Fsp3) is 0.733. The molecule has 41 heavy (non-hydrogen) atoms. The van der Waals surface area contributed by atoms with Crippen molar-refractivity contribution in [2.24, 2.45) is 28.1 Å². The number of carbonyl (C=O) groups excluding carboxylic acids is 6. The van der Waals surface area contributed by atoms with E-state index in [-0.39, 0.29) is 29.7 Å². The Labute approximate surface area is 239 Å². The Morgan fingerprint density at radius 1 is 0.780 bits per heavy atom. The normalized spacial score (nSPS) is 40.4. The average Bonchev–Trinajstić information content (AvgIpc) is 2.91. The van der Waals surface area contributed by atoms with Gasteiger partial charge in [-0.3, -0.25) is 28.8 Å². The lowest BCUT2D eigenvalue weighted by molar-refractivity contribution is -0.299. The number of fused-ring (bicyclic) bond motifs is 3.